The SMILES string of the molecule is NC1CS(=O)(=O)CC1N1CCC(CO)CC1. The van der Waals surface area contributed by atoms with Gasteiger partial charge >= 0.3 is 0 Å². The maximum Gasteiger partial charge on any atom is 0.153 e. The van der Waals surface area contributed by atoms with Crippen LogP contribution in [-0.2, 0) is 9.84 Å². The normalized spacial score (nSPS) is 36.6. The third kappa shape index (κ3) is 2.56. The second kappa shape index (κ2) is 4.60. The van der Waals surface area contributed by atoms with Crippen LogP contribution in [0, 0.1) is 5.92 Å². The van der Waals surface area contributed by atoms with Crippen molar-refractivity contribution in [2.75, 3.05) is 31.2 Å². The molecule has 0 bridgehead atoms. The number of aliphatic hydroxyl groups excluding tert-OH is 1. The van der Waals surface area contributed by atoms with E-state index in [1.165, 1.54) is 0 Å². The van der Waals surface area contributed by atoms with Gasteiger partial charge < -0.3 is 10.8 Å². The van der Waals surface area contributed by atoms with Crippen LogP contribution >= 0.6 is 0 Å². The Morgan fingerprint density at radius 2 is 1.88 bits per heavy atom. The first-order chi connectivity index (χ1) is 7.52. The molecule has 0 spiro atoms. The molecule has 0 aromatic carbocycles. The van der Waals surface area contributed by atoms with Crippen LogP contribution in [0.4, 0.5) is 0 Å². The summed E-state index contributed by atoms with van der Waals surface area (Å²) < 4.78 is 22.9. The summed E-state index contributed by atoms with van der Waals surface area (Å²) in [6.45, 7) is 1.96. The maximum absolute atomic E-state index is 11.5. The molecule has 0 aromatic rings. The van der Waals surface area contributed by atoms with Crippen LogP contribution in [0.2, 0.25) is 0 Å². The monoisotopic (exact) mass is 248 g/mol. The first-order valence-corrected chi connectivity index (χ1v) is 7.65. The highest BCUT2D eigenvalue weighted by Crippen LogP contribution is 2.23. The molecule has 2 atom stereocenters. The molecular weight excluding hydrogens is 228 g/mol. The summed E-state index contributed by atoms with van der Waals surface area (Å²) in [5.41, 5.74) is 5.88. The first-order valence-electron chi connectivity index (χ1n) is 5.83. The maximum atomic E-state index is 11.5. The van der Waals surface area contributed by atoms with E-state index in [0.717, 1.165) is 25.9 Å². The van der Waals surface area contributed by atoms with Crippen molar-refractivity contribution in [2.24, 2.45) is 11.7 Å². The Balaban J connectivity index is 1.95. The van der Waals surface area contributed by atoms with Crippen LogP contribution < -0.4 is 5.73 Å². The molecule has 16 heavy (non-hydrogen) atoms. The van der Waals surface area contributed by atoms with E-state index in [-0.39, 0.29) is 30.2 Å². The fourth-order valence-corrected chi connectivity index (χ4v) is 4.62. The summed E-state index contributed by atoms with van der Waals surface area (Å²) in [4.78, 5) is 2.18. The highest BCUT2D eigenvalue weighted by molar-refractivity contribution is 7.91. The van der Waals surface area contributed by atoms with Gasteiger partial charge in [0, 0.05) is 18.7 Å². The van der Waals surface area contributed by atoms with E-state index in [1.54, 1.807) is 0 Å². The van der Waals surface area contributed by atoms with Crippen molar-refractivity contribution >= 4 is 9.84 Å². The molecule has 2 aliphatic rings. The zero-order valence-electron chi connectivity index (χ0n) is 9.38. The van der Waals surface area contributed by atoms with Crippen LogP contribution in [0.25, 0.3) is 0 Å². The number of nitrogens with two attached hydrogens (primary N) is 1. The standard InChI is InChI=1S/C10H20N2O3S/c11-9-6-16(14,15)7-10(9)12-3-1-8(5-13)2-4-12/h8-10,13H,1-7,11H2. The van der Waals surface area contributed by atoms with Crippen molar-refractivity contribution in [1.82, 2.24) is 4.90 Å². The molecule has 0 aromatic heterocycles. The largest absolute Gasteiger partial charge is 0.396 e. The molecule has 2 rings (SSSR count). The van der Waals surface area contributed by atoms with E-state index in [9.17, 15) is 8.42 Å². The molecule has 2 saturated heterocycles. The van der Waals surface area contributed by atoms with Gasteiger partial charge in [-0.25, -0.2) is 8.42 Å². The van der Waals surface area contributed by atoms with Gasteiger partial charge in [0.1, 0.15) is 0 Å². The number of rotatable bonds is 2. The van der Waals surface area contributed by atoms with Gasteiger partial charge in [0.2, 0.25) is 0 Å². The van der Waals surface area contributed by atoms with Crippen LogP contribution in [0.1, 0.15) is 12.8 Å². The van der Waals surface area contributed by atoms with Crippen LogP contribution in [0.15, 0.2) is 0 Å². The average molecular weight is 248 g/mol. The molecule has 0 amide bonds. The van der Waals surface area contributed by atoms with Gasteiger partial charge in [0.15, 0.2) is 9.84 Å². The van der Waals surface area contributed by atoms with Gasteiger partial charge in [-0.3, -0.25) is 4.90 Å². The Hall–Kier alpha value is -0.170. The Morgan fingerprint density at radius 1 is 1.25 bits per heavy atom. The summed E-state index contributed by atoms with van der Waals surface area (Å²) in [5, 5.41) is 9.04. The molecule has 0 radical (unpaired) electrons. The zero-order chi connectivity index (χ0) is 11.8. The molecule has 3 N–H and O–H groups in total. The van der Waals surface area contributed by atoms with Crippen LogP contribution in [0.5, 0.6) is 0 Å². The van der Waals surface area contributed by atoms with Gasteiger partial charge in [-0.2, -0.15) is 0 Å². The Labute approximate surface area is 96.5 Å². The number of piperidine rings is 1. The van der Waals surface area contributed by atoms with Crippen LogP contribution in [0.3, 0.4) is 0 Å². The molecule has 94 valence electrons. The Bertz CT molecular complexity index is 336. The van der Waals surface area contributed by atoms with Crippen molar-refractivity contribution in [2.45, 2.75) is 24.9 Å². The van der Waals surface area contributed by atoms with Crippen LogP contribution in [-0.4, -0.2) is 61.7 Å². The molecule has 2 unspecified atom stereocenters. The fraction of sp³-hybridized carbons (Fsp3) is 1.00. The average Bonchev–Trinajstić information content (AvgIpc) is 2.52. The number of sulfone groups is 1. The highest BCUT2D eigenvalue weighted by Gasteiger charge is 2.39. The van der Waals surface area contributed by atoms with E-state index >= 15 is 0 Å². The van der Waals surface area contributed by atoms with Gasteiger partial charge in [-0.05, 0) is 31.8 Å². The van der Waals surface area contributed by atoms with Gasteiger partial charge in [0.05, 0.1) is 11.5 Å². The van der Waals surface area contributed by atoms with Crippen molar-refractivity contribution in [1.29, 1.82) is 0 Å². The molecule has 6 heteroatoms. The van der Waals surface area contributed by atoms with Gasteiger partial charge in [-0.1, -0.05) is 0 Å². The number of aliphatic hydroxyl groups is 1. The second-order valence-electron chi connectivity index (χ2n) is 4.97. The number of nitrogens with zero attached hydrogens (tertiary/aromatic N) is 1. The Kier molecular flexibility index (Phi) is 3.53. The van der Waals surface area contributed by atoms with E-state index < -0.39 is 9.84 Å². The summed E-state index contributed by atoms with van der Waals surface area (Å²) in [7, 11) is -2.93. The molecule has 0 saturated carbocycles. The molecular formula is C10H20N2O3S. The quantitative estimate of drug-likeness (QED) is 0.642. The molecule has 2 heterocycles. The van der Waals surface area contributed by atoms with E-state index in [4.69, 9.17) is 10.8 Å². The minimum Gasteiger partial charge on any atom is -0.396 e. The van der Waals surface area contributed by atoms with Gasteiger partial charge in [-0.15, -0.1) is 0 Å². The number of hydrogen-bond acceptors (Lipinski definition) is 5. The predicted octanol–water partition coefficient (Wildman–Crippen LogP) is -1.18. The third-order valence-electron chi connectivity index (χ3n) is 3.74. The summed E-state index contributed by atoms with van der Waals surface area (Å²) in [5.74, 6) is 0.709. The topological polar surface area (TPSA) is 83.6 Å². The zero-order valence-corrected chi connectivity index (χ0v) is 10.2. The number of likely N-dealkylation sites (tertiary alicyclic amines) is 1. The predicted molar refractivity (Wildman–Crippen MR) is 61.8 cm³/mol. The minimum atomic E-state index is -2.93. The molecule has 0 aliphatic carbocycles. The lowest BCUT2D eigenvalue weighted by molar-refractivity contribution is 0.103. The Morgan fingerprint density at radius 3 is 2.31 bits per heavy atom. The smallest absolute Gasteiger partial charge is 0.153 e. The lowest BCUT2D eigenvalue weighted by atomic mass is 9.96. The summed E-state index contributed by atoms with van der Waals surface area (Å²) in [6.07, 6.45) is 1.89. The summed E-state index contributed by atoms with van der Waals surface area (Å²) >= 11 is 0. The van der Waals surface area contributed by atoms with Crippen molar-refractivity contribution in [3.63, 3.8) is 0 Å². The minimum absolute atomic E-state index is 0.00959. The fourth-order valence-electron chi connectivity index (χ4n) is 2.70. The van der Waals surface area contributed by atoms with Crippen molar-refractivity contribution in [3.05, 3.63) is 0 Å². The third-order valence-corrected chi connectivity index (χ3v) is 5.48. The lowest BCUT2D eigenvalue weighted by Crippen LogP contribution is -2.50. The lowest BCUT2D eigenvalue weighted by Gasteiger charge is -2.36. The molecule has 2 fully saturated rings. The molecule has 5 nitrogen and oxygen atoms in total. The van der Waals surface area contributed by atoms with Crippen molar-refractivity contribution < 1.29 is 13.5 Å². The van der Waals surface area contributed by atoms with Gasteiger partial charge in [0.25, 0.3) is 0 Å². The van der Waals surface area contributed by atoms with E-state index in [0.29, 0.717) is 5.92 Å². The second-order valence-corrected chi connectivity index (χ2v) is 7.12. The van der Waals surface area contributed by atoms with E-state index in [1.807, 2.05) is 0 Å². The first kappa shape index (κ1) is 12.3. The molecule has 2 aliphatic heterocycles. The summed E-state index contributed by atoms with van der Waals surface area (Å²) in [6, 6.07) is -0.250. The number of hydrogen-bond donors (Lipinski definition) is 2. The van der Waals surface area contributed by atoms with E-state index in [2.05, 4.69) is 4.90 Å². The van der Waals surface area contributed by atoms with Crippen molar-refractivity contribution in [3.8, 4) is 0 Å². The highest BCUT2D eigenvalue weighted by atomic mass is 32.2.